The van der Waals surface area contributed by atoms with Crippen LogP contribution in [0, 0.1) is 12.8 Å². The zero-order valence-electron chi connectivity index (χ0n) is 12.2. The van der Waals surface area contributed by atoms with Crippen LogP contribution >= 0.6 is 15.9 Å². The summed E-state index contributed by atoms with van der Waals surface area (Å²) in [6, 6.07) is 5.79. The molecule has 0 N–H and O–H groups in total. The number of rotatable bonds is 2. The molecule has 1 heterocycles. The van der Waals surface area contributed by atoms with Crippen molar-refractivity contribution in [3.8, 4) is 0 Å². The van der Waals surface area contributed by atoms with Gasteiger partial charge < -0.3 is 4.74 Å². The highest BCUT2D eigenvalue weighted by Crippen LogP contribution is 2.43. The minimum Gasteiger partial charge on any atom is -0.369 e. The Bertz CT molecular complexity index is 517. The van der Waals surface area contributed by atoms with E-state index in [1.165, 1.54) is 0 Å². The van der Waals surface area contributed by atoms with Crippen molar-refractivity contribution in [3.63, 3.8) is 0 Å². The Morgan fingerprint density at radius 2 is 1.95 bits per heavy atom. The molecule has 104 valence electrons. The van der Waals surface area contributed by atoms with E-state index < -0.39 is 5.60 Å². The standard InChI is InChI=1S/C16H21BrO2/c1-10-11(7-6-8-13(10)17)14(18)12-9-15(2,3)19-16(12,4)5/h6-8,12H,9H2,1-5H3. The molecule has 19 heavy (non-hydrogen) atoms. The quantitative estimate of drug-likeness (QED) is 0.747. The third-order valence-corrected chi connectivity index (χ3v) is 4.78. The normalized spacial score (nSPS) is 24.4. The second-order valence-corrected chi connectivity index (χ2v) is 7.35. The largest absolute Gasteiger partial charge is 0.369 e. The highest BCUT2D eigenvalue weighted by atomic mass is 79.9. The lowest BCUT2D eigenvalue weighted by molar-refractivity contribution is -0.0712. The van der Waals surface area contributed by atoms with E-state index in [1.807, 2.05) is 39.0 Å². The molecule has 0 aliphatic carbocycles. The summed E-state index contributed by atoms with van der Waals surface area (Å²) in [5, 5.41) is 0. The molecule has 0 aromatic heterocycles. The van der Waals surface area contributed by atoms with Crippen molar-refractivity contribution in [1.82, 2.24) is 0 Å². The number of ether oxygens (including phenoxy) is 1. The molecule has 1 fully saturated rings. The number of halogens is 1. The van der Waals surface area contributed by atoms with Gasteiger partial charge in [0.2, 0.25) is 0 Å². The Morgan fingerprint density at radius 3 is 2.47 bits per heavy atom. The summed E-state index contributed by atoms with van der Waals surface area (Å²) in [6.45, 7) is 10.1. The van der Waals surface area contributed by atoms with Crippen LogP contribution in [0.5, 0.6) is 0 Å². The van der Waals surface area contributed by atoms with Gasteiger partial charge in [0.05, 0.1) is 17.1 Å². The van der Waals surface area contributed by atoms with Crippen LogP contribution in [0.1, 0.15) is 50.0 Å². The lowest BCUT2D eigenvalue weighted by atomic mass is 9.81. The Balaban J connectivity index is 2.37. The molecule has 1 aliphatic heterocycles. The van der Waals surface area contributed by atoms with Gasteiger partial charge in [-0.15, -0.1) is 0 Å². The van der Waals surface area contributed by atoms with Crippen molar-refractivity contribution >= 4 is 21.7 Å². The van der Waals surface area contributed by atoms with E-state index in [2.05, 4.69) is 29.8 Å². The number of benzene rings is 1. The predicted molar refractivity (Wildman–Crippen MR) is 80.6 cm³/mol. The third-order valence-electron chi connectivity index (χ3n) is 3.92. The highest BCUT2D eigenvalue weighted by Gasteiger charge is 2.49. The SMILES string of the molecule is Cc1c(Br)cccc1C(=O)C1CC(C)(C)OC1(C)C. The molecule has 0 bridgehead atoms. The number of carbonyl (C=O) groups is 1. The van der Waals surface area contributed by atoms with Crippen LogP contribution in [-0.2, 0) is 4.74 Å². The molecule has 0 amide bonds. The second kappa shape index (κ2) is 4.71. The highest BCUT2D eigenvalue weighted by molar-refractivity contribution is 9.10. The van der Waals surface area contributed by atoms with Crippen molar-refractivity contribution in [1.29, 1.82) is 0 Å². The van der Waals surface area contributed by atoms with Crippen LogP contribution in [0.2, 0.25) is 0 Å². The molecular weight excluding hydrogens is 304 g/mol. The number of carbonyl (C=O) groups excluding carboxylic acids is 1. The maximum atomic E-state index is 12.8. The van der Waals surface area contributed by atoms with E-state index in [-0.39, 0.29) is 17.3 Å². The van der Waals surface area contributed by atoms with E-state index in [0.717, 1.165) is 22.0 Å². The summed E-state index contributed by atoms with van der Waals surface area (Å²) in [5.74, 6) is 0.102. The first-order valence-electron chi connectivity index (χ1n) is 6.63. The molecule has 1 aromatic rings. The van der Waals surface area contributed by atoms with Crippen molar-refractivity contribution < 1.29 is 9.53 Å². The first-order valence-corrected chi connectivity index (χ1v) is 7.43. The topological polar surface area (TPSA) is 26.3 Å². The first-order chi connectivity index (χ1) is 8.64. The number of hydrogen-bond donors (Lipinski definition) is 0. The van der Waals surface area contributed by atoms with Gasteiger partial charge in [0.25, 0.3) is 0 Å². The van der Waals surface area contributed by atoms with Crippen molar-refractivity contribution in [2.45, 2.75) is 52.2 Å². The number of hydrogen-bond acceptors (Lipinski definition) is 2. The van der Waals surface area contributed by atoms with Crippen molar-refractivity contribution in [2.24, 2.45) is 5.92 Å². The minimum absolute atomic E-state index is 0.0875. The molecule has 1 aromatic carbocycles. The van der Waals surface area contributed by atoms with E-state index in [9.17, 15) is 4.79 Å². The average Bonchev–Trinajstić information content (AvgIpc) is 2.50. The van der Waals surface area contributed by atoms with Gasteiger partial charge in [-0.05, 0) is 52.7 Å². The summed E-state index contributed by atoms with van der Waals surface area (Å²) in [4.78, 5) is 12.8. The average molecular weight is 325 g/mol. The van der Waals surface area contributed by atoms with Crippen LogP contribution < -0.4 is 0 Å². The maximum Gasteiger partial charge on any atom is 0.169 e. The lowest BCUT2D eigenvalue weighted by Crippen LogP contribution is -2.34. The molecule has 2 nitrogen and oxygen atoms in total. The minimum atomic E-state index is -0.407. The number of ketones is 1. The van der Waals surface area contributed by atoms with Crippen LogP contribution in [0.15, 0.2) is 22.7 Å². The van der Waals surface area contributed by atoms with Gasteiger partial charge in [0.15, 0.2) is 5.78 Å². The number of Topliss-reactive ketones (excluding diaryl/α,β-unsaturated/α-hetero) is 1. The summed E-state index contributed by atoms with van der Waals surface area (Å²) >= 11 is 3.49. The predicted octanol–water partition coefficient (Wildman–Crippen LogP) is 4.53. The maximum absolute atomic E-state index is 12.8. The fourth-order valence-corrected chi connectivity index (χ4v) is 3.40. The molecule has 0 saturated carbocycles. The van der Waals surface area contributed by atoms with Gasteiger partial charge >= 0.3 is 0 Å². The zero-order chi connectivity index (χ0) is 14.4. The van der Waals surface area contributed by atoms with Crippen LogP contribution in [-0.4, -0.2) is 17.0 Å². The van der Waals surface area contributed by atoms with Crippen LogP contribution in [0.25, 0.3) is 0 Å². The fraction of sp³-hybridized carbons (Fsp3) is 0.562. The van der Waals surface area contributed by atoms with Gasteiger partial charge in [0, 0.05) is 10.0 Å². The van der Waals surface area contributed by atoms with Gasteiger partial charge in [-0.1, -0.05) is 28.1 Å². The van der Waals surface area contributed by atoms with E-state index in [1.54, 1.807) is 0 Å². The molecule has 0 radical (unpaired) electrons. The van der Waals surface area contributed by atoms with Crippen molar-refractivity contribution in [2.75, 3.05) is 0 Å². The van der Waals surface area contributed by atoms with E-state index in [4.69, 9.17) is 4.74 Å². The lowest BCUT2D eigenvalue weighted by Gasteiger charge is -2.27. The molecule has 1 saturated heterocycles. The summed E-state index contributed by atoms with van der Waals surface area (Å²) in [6.07, 6.45) is 0.769. The Kier molecular flexibility index (Phi) is 3.65. The van der Waals surface area contributed by atoms with Gasteiger partial charge in [0.1, 0.15) is 0 Å². The summed E-state index contributed by atoms with van der Waals surface area (Å²) in [7, 11) is 0. The Morgan fingerprint density at radius 1 is 1.32 bits per heavy atom. The second-order valence-electron chi connectivity index (χ2n) is 6.50. The summed E-state index contributed by atoms with van der Waals surface area (Å²) < 4.78 is 7.01. The van der Waals surface area contributed by atoms with Gasteiger partial charge in [-0.2, -0.15) is 0 Å². The molecule has 0 spiro atoms. The molecular formula is C16H21BrO2. The van der Waals surface area contributed by atoms with Crippen LogP contribution in [0.3, 0.4) is 0 Å². The molecule has 1 aliphatic rings. The van der Waals surface area contributed by atoms with Crippen molar-refractivity contribution in [3.05, 3.63) is 33.8 Å². The fourth-order valence-electron chi connectivity index (χ4n) is 3.03. The molecule has 1 atom stereocenters. The van der Waals surface area contributed by atoms with E-state index >= 15 is 0 Å². The summed E-state index contributed by atoms with van der Waals surface area (Å²) in [5.41, 5.74) is 1.17. The third kappa shape index (κ3) is 2.77. The van der Waals surface area contributed by atoms with E-state index in [0.29, 0.717) is 0 Å². The van der Waals surface area contributed by atoms with Crippen LogP contribution in [0.4, 0.5) is 0 Å². The smallest absolute Gasteiger partial charge is 0.169 e. The zero-order valence-corrected chi connectivity index (χ0v) is 13.8. The molecule has 1 unspecified atom stereocenters. The monoisotopic (exact) mass is 324 g/mol. The molecule has 3 heteroatoms. The Hall–Kier alpha value is -0.670. The Labute approximate surface area is 123 Å². The van der Waals surface area contributed by atoms with Gasteiger partial charge in [-0.25, -0.2) is 0 Å². The van der Waals surface area contributed by atoms with Gasteiger partial charge in [-0.3, -0.25) is 4.79 Å². The molecule has 2 rings (SSSR count). The first kappa shape index (κ1) is 14.7.